The van der Waals surface area contributed by atoms with Gasteiger partial charge in [-0.1, -0.05) is 38.5 Å². The minimum atomic E-state index is 0.153. The number of benzene rings is 1. The highest BCUT2D eigenvalue weighted by Crippen LogP contribution is 2.14. The van der Waals surface area contributed by atoms with Gasteiger partial charge in [-0.05, 0) is 31.9 Å². The van der Waals surface area contributed by atoms with E-state index in [0.717, 1.165) is 31.5 Å². The van der Waals surface area contributed by atoms with Gasteiger partial charge in [0.2, 0.25) is 5.91 Å². The molecule has 0 aromatic heterocycles. The van der Waals surface area contributed by atoms with Gasteiger partial charge < -0.3 is 10.2 Å². The summed E-state index contributed by atoms with van der Waals surface area (Å²) in [5.74, 6) is 0.153. The van der Waals surface area contributed by atoms with Crippen LogP contribution in [0.25, 0.3) is 0 Å². The predicted molar refractivity (Wildman–Crippen MR) is 81.5 cm³/mol. The molecule has 0 saturated heterocycles. The SMILES string of the molecule is CCCCN(C(=O)CNC(C)CC)c1ccccc1. The zero-order valence-corrected chi connectivity index (χ0v) is 12.4. The number of amides is 1. The molecule has 1 amide bonds. The zero-order chi connectivity index (χ0) is 14.1. The lowest BCUT2D eigenvalue weighted by atomic mass is 10.2. The fraction of sp³-hybridized carbons (Fsp3) is 0.562. The molecule has 3 nitrogen and oxygen atoms in total. The van der Waals surface area contributed by atoms with Crippen LogP contribution in [0.5, 0.6) is 0 Å². The van der Waals surface area contributed by atoms with Crippen LogP contribution in [0.3, 0.4) is 0 Å². The topological polar surface area (TPSA) is 32.3 Å². The maximum Gasteiger partial charge on any atom is 0.240 e. The van der Waals surface area contributed by atoms with Crippen LogP contribution in [0.2, 0.25) is 0 Å². The van der Waals surface area contributed by atoms with Gasteiger partial charge in [0.15, 0.2) is 0 Å². The summed E-state index contributed by atoms with van der Waals surface area (Å²) in [6.07, 6.45) is 3.16. The van der Waals surface area contributed by atoms with E-state index >= 15 is 0 Å². The van der Waals surface area contributed by atoms with E-state index in [9.17, 15) is 4.79 Å². The Morgan fingerprint density at radius 1 is 1.26 bits per heavy atom. The molecule has 1 N–H and O–H groups in total. The normalized spacial score (nSPS) is 12.2. The quantitative estimate of drug-likeness (QED) is 0.780. The van der Waals surface area contributed by atoms with Crippen LogP contribution >= 0.6 is 0 Å². The van der Waals surface area contributed by atoms with Crippen molar-refractivity contribution in [3.8, 4) is 0 Å². The summed E-state index contributed by atoms with van der Waals surface area (Å²) in [7, 11) is 0. The fourth-order valence-electron chi connectivity index (χ4n) is 1.82. The van der Waals surface area contributed by atoms with Crippen molar-refractivity contribution in [2.24, 2.45) is 0 Å². The first-order valence-electron chi connectivity index (χ1n) is 7.27. The molecule has 0 aliphatic rings. The van der Waals surface area contributed by atoms with Crippen LogP contribution in [0, 0.1) is 0 Å². The largest absolute Gasteiger partial charge is 0.311 e. The molecule has 1 unspecified atom stereocenters. The summed E-state index contributed by atoms with van der Waals surface area (Å²) in [6, 6.07) is 10.3. The standard InChI is InChI=1S/C16H26N2O/c1-4-6-12-18(15-10-8-7-9-11-15)16(19)13-17-14(3)5-2/h7-11,14,17H,4-6,12-13H2,1-3H3. The number of nitrogens with one attached hydrogen (secondary N) is 1. The fourth-order valence-corrected chi connectivity index (χ4v) is 1.82. The first-order chi connectivity index (χ1) is 9.19. The number of unbranched alkanes of at least 4 members (excludes halogenated alkanes) is 1. The van der Waals surface area contributed by atoms with E-state index in [0.29, 0.717) is 12.6 Å². The van der Waals surface area contributed by atoms with Crippen molar-refractivity contribution < 1.29 is 4.79 Å². The maximum absolute atomic E-state index is 12.3. The van der Waals surface area contributed by atoms with Crippen molar-refractivity contribution in [2.45, 2.75) is 46.1 Å². The molecule has 0 aliphatic heterocycles. The second kappa shape index (κ2) is 8.70. The van der Waals surface area contributed by atoms with Crippen LogP contribution in [0.1, 0.15) is 40.0 Å². The molecular weight excluding hydrogens is 236 g/mol. The number of hydrogen-bond acceptors (Lipinski definition) is 2. The molecular formula is C16H26N2O. The maximum atomic E-state index is 12.3. The molecule has 106 valence electrons. The van der Waals surface area contributed by atoms with Gasteiger partial charge in [-0.2, -0.15) is 0 Å². The Morgan fingerprint density at radius 3 is 2.53 bits per heavy atom. The smallest absolute Gasteiger partial charge is 0.240 e. The number of hydrogen-bond donors (Lipinski definition) is 1. The molecule has 1 rings (SSSR count). The molecule has 0 radical (unpaired) electrons. The summed E-state index contributed by atoms with van der Waals surface area (Å²) in [5.41, 5.74) is 0.993. The molecule has 1 aromatic rings. The highest BCUT2D eigenvalue weighted by molar-refractivity contribution is 5.94. The van der Waals surface area contributed by atoms with Crippen molar-refractivity contribution in [3.63, 3.8) is 0 Å². The van der Waals surface area contributed by atoms with Gasteiger partial charge in [-0.3, -0.25) is 4.79 Å². The molecule has 3 heteroatoms. The van der Waals surface area contributed by atoms with Crippen molar-refractivity contribution in [3.05, 3.63) is 30.3 Å². The van der Waals surface area contributed by atoms with E-state index in [2.05, 4.69) is 26.1 Å². The Morgan fingerprint density at radius 2 is 1.95 bits per heavy atom. The third-order valence-electron chi connectivity index (χ3n) is 3.32. The Hall–Kier alpha value is -1.35. The van der Waals surface area contributed by atoms with Crippen LogP contribution in [-0.4, -0.2) is 25.0 Å². The van der Waals surface area contributed by atoms with Gasteiger partial charge in [0.05, 0.1) is 6.54 Å². The second-order valence-corrected chi connectivity index (χ2v) is 4.92. The monoisotopic (exact) mass is 262 g/mol. The summed E-state index contributed by atoms with van der Waals surface area (Å²) in [6.45, 7) is 7.57. The third kappa shape index (κ3) is 5.43. The molecule has 0 bridgehead atoms. The summed E-state index contributed by atoms with van der Waals surface area (Å²) in [4.78, 5) is 14.2. The molecule has 19 heavy (non-hydrogen) atoms. The van der Waals surface area contributed by atoms with Crippen molar-refractivity contribution in [2.75, 3.05) is 18.0 Å². The van der Waals surface area contributed by atoms with Gasteiger partial charge in [0.1, 0.15) is 0 Å². The van der Waals surface area contributed by atoms with Crippen LogP contribution in [0.15, 0.2) is 30.3 Å². The average Bonchev–Trinajstić information content (AvgIpc) is 2.46. The Bertz CT molecular complexity index is 364. The Balaban J connectivity index is 2.65. The summed E-state index contributed by atoms with van der Waals surface area (Å²) < 4.78 is 0. The van der Waals surface area contributed by atoms with E-state index in [1.807, 2.05) is 35.2 Å². The first-order valence-corrected chi connectivity index (χ1v) is 7.27. The minimum absolute atomic E-state index is 0.153. The highest BCUT2D eigenvalue weighted by Gasteiger charge is 2.15. The third-order valence-corrected chi connectivity index (χ3v) is 3.32. The Labute approximate surface area is 117 Å². The van der Waals surface area contributed by atoms with Crippen LogP contribution < -0.4 is 10.2 Å². The van der Waals surface area contributed by atoms with Gasteiger partial charge in [0, 0.05) is 18.3 Å². The van der Waals surface area contributed by atoms with E-state index in [1.54, 1.807) is 0 Å². The van der Waals surface area contributed by atoms with Crippen molar-refractivity contribution in [1.29, 1.82) is 0 Å². The highest BCUT2D eigenvalue weighted by atomic mass is 16.2. The van der Waals surface area contributed by atoms with Gasteiger partial charge in [0.25, 0.3) is 0 Å². The van der Waals surface area contributed by atoms with Gasteiger partial charge in [-0.15, -0.1) is 0 Å². The van der Waals surface area contributed by atoms with Crippen LogP contribution in [-0.2, 0) is 4.79 Å². The number of carbonyl (C=O) groups is 1. The first kappa shape index (κ1) is 15.7. The average molecular weight is 262 g/mol. The lowest BCUT2D eigenvalue weighted by Crippen LogP contribution is -2.41. The molecule has 1 atom stereocenters. The van der Waals surface area contributed by atoms with Crippen molar-refractivity contribution >= 4 is 11.6 Å². The van der Waals surface area contributed by atoms with Crippen LogP contribution in [0.4, 0.5) is 5.69 Å². The van der Waals surface area contributed by atoms with Crippen molar-refractivity contribution in [1.82, 2.24) is 5.32 Å². The molecule has 0 heterocycles. The van der Waals surface area contributed by atoms with E-state index in [-0.39, 0.29) is 5.91 Å². The number of anilines is 1. The zero-order valence-electron chi connectivity index (χ0n) is 12.4. The number of rotatable bonds is 8. The van der Waals surface area contributed by atoms with Gasteiger partial charge >= 0.3 is 0 Å². The molecule has 0 aliphatic carbocycles. The van der Waals surface area contributed by atoms with E-state index in [4.69, 9.17) is 0 Å². The molecule has 0 spiro atoms. The van der Waals surface area contributed by atoms with Gasteiger partial charge in [-0.25, -0.2) is 0 Å². The number of para-hydroxylation sites is 1. The lowest BCUT2D eigenvalue weighted by Gasteiger charge is -2.24. The summed E-state index contributed by atoms with van der Waals surface area (Å²) >= 11 is 0. The minimum Gasteiger partial charge on any atom is -0.311 e. The molecule has 1 aromatic carbocycles. The van der Waals surface area contributed by atoms with E-state index < -0.39 is 0 Å². The number of nitrogens with zero attached hydrogens (tertiary/aromatic N) is 1. The Kier molecular flexibility index (Phi) is 7.19. The molecule has 0 fully saturated rings. The van der Waals surface area contributed by atoms with E-state index in [1.165, 1.54) is 0 Å². The molecule has 0 saturated carbocycles. The predicted octanol–water partition coefficient (Wildman–Crippen LogP) is 3.21. The lowest BCUT2D eigenvalue weighted by molar-refractivity contribution is -0.117. The number of carbonyl (C=O) groups excluding carboxylic acids is 1. The second-order valence-electron chi connectivity index (χ2n) is 4.92. The summed E-state index contributed by atoms with van der Waals surface area (Å²) in [5, 5.41) is 3.27.